The summed E-state index contributed by atoms with van der Waals surface area (Å²) >= 11 is 0. The molecule has 1 amide bonds. The average Bonchev–Trinajstić information content (AvgIpc) is 3.34. The molecular weight excluding hydrogens is 380 g/mol. The average molecular weight is 398 g/mol. The molecule has 1 aliphatic rings. The Balaban J connectivity index is 1.41. The van der Waals surface area contributed by atoms with Crippen molar-refractivity contribution in [2.24, 2.45) is 0 Å². The Morgan fingerprint density at radius 1 is 0.933 bits per heavy atom. The second-order valence-electron chi connectivity index (χ2n) is 6.69. The molecule has 7 nitrogen and oxygen atoms in total. The topological polar surface area (TPSA) is 78.3 Å². The van der Waals surface area contributed by atoms with Gasteiger partial charge in [0.15, 0.2) is 11.5 Å². The lowest BCUT2D eigenvalue weighted by Crippen LogP contribution is -2.16. The summed E-state index contributed by atoms with van der Waals surface area (Å²) in [6.07, 6.45) is 3.47. The van der Waals surface area contributed by atoms with Crippen LogP contribution in [-0.2, 0) is 0 Å². The lowest BCUT2D eigenvalue weighted by atomic mass is 10.1. The maximum atomic E-state index is 12.9. The van der Waals surface area contributed by atoms with Crippen molar-refractivity contribution < 1.29 is 14.3 Å². The van der Waals surface area contributed by atoms with E-state index in [1.54, 1.807) is 29.2 Å². The predicted octanol–water partition coefficient (Wildman–Crippen LogP) is 3.96. The summed E-state index contributed by atoms with van der Waals surface area (Å²) in [5.41, 5.74) is 2.81. The van der Waals surface area contributed by atoms with Gasteiger partial charge in [-0.15, -0.1) is 0 Å². The SMILES string of the molecule is O=C(Nc1cccc(-c2ccc3c(c2)OCCO3)n1)c1ccccc1-n1cccn1. The fraction of sp³-hybridized carbons (Fsp3) is 0.0870. The second kappa shape index (κ2) is 7.71. The molecule has 5 rings (SSSR count). The zero-order chi connectivity index (χ0) is 20.3. The van der Waals surface area contributed by atoms with E-state index < -0.39 is 0 Å². The molecule has 148 valence electrons. The second-order valence-corrected chi connectivity index (χ2v) is 6.69. The number of carbonyl (C=O) groups excluding carboxylic acids is 1. The van der Waals surface area contributed by atoms with Gasteiger partial charge in [-0.25, -0.2) is 9.67 Å². The Morgan fingerprint density at radius 2 is 1.80 bits per heavy atom. The highest BCUT2D eigenvalue weighted by Crippen LogP contribution is 2.34. The first-order chi connectivity index (χ1) is 14.8. The number of ether oxygens (including phenoxy) is 2. The molecule has 0 radical (unpaired) electrons. The Morgan fingerprint density at radius 3 is 2.67 bits per heavy atom. The van der Waals surface area contributed by atoms with Crippen molar-refractivity contribution >= 4 is 11.7 Å². The molecule has 4 aromatic rings. The molecule has 2 aromatic carbocycles. The number of nitrogens with zero attached hydrogens (tertiary/aromatic N) is 3. The van der Waals surface area contributed by atoms with Gasteiger partial charge in [0, 0.05) is 18.0 Å². The highest BCUT2D eigenvalue weighted by Gasteiger charge is 2.15. The van der Waals surface area contributed by atoms with Gasteiger partial charge < -0.3 is 14.8 Å². The molecule has 0 fully saturated rings. The number of pyridine rings is 1. The summed E-state index contributed by atoms with van der Waals surface area (Å²) < 4.78 is 12.9. The molecule has 0 saturated carbocycles. The number of carbonyl (C=O) groups is 1. The molecule has 0 saturated heterocycles. The van der Waals surface area contributed by atoms with Crippen LogP contribution in [0.2, 0.25) is 0 Å². The summed E-state index contributed by atoms with van der Waals surface area (Å²) in [4.78, 5) is 17.5. The van der Waals surface area contributed by atoms with E-state index in [1.807, 2.05) is 54.6 Å². The molecule has 0 spiro atoms. The van der Waals surface area contributed by atoms with E-state index in [0.717, 1.165) is 17.0 Å². The smallest absolute Gasteiger partial charge is 0.259 e. The zero-order valence-electron chi connectivity index (χ0n) is 16.0. The van der Waals surface area contributed by atoms with Gasteiger partial charge in [0.25, 0.3) is 5.91 Å². The normalized spacial score (nSPS) is 12.4. The number of amides is 1. The first-order valence-corrected chi connectivity index (χ1v) is 9.55. The molecule has 30 heavy (non-hydrogen) atoms. The van der Waals surface area contributed by atoms with E-state index in [9.17, 15) is 4.79 Å². The van der Waals surface area contributed by atoms with Gasteiger partial charge in [-0.1, -0.05) is 18.2 Å². The van der Waals surface area contributed by atoms with Crippen LogP contribution in [-0.4, -0.2) is 33.9 Å². The molecule has 1 aliphatic heterocycles. The number of aromatic nitrogens is 3. The van der Waals surface area contributed by atoms with Gasteiger partial charge in [-0.3, -0.25) is 4.79 Å². The van der Waals surface area contributed by atoms with E-state index in [0.29, 0.717) is 36.0 Å². The van der Waals surface area contributed by atoms with Crippen molar-refractivity contribution in [3.63, 3.8) is 0 Å². The third kappa shape index (κ3) is 3.48. The van der Waals surface area contributed by atoms with E-state index in [-0.39, 0.29) is 5.91 Å². The fourth-order valence-corrected chi connectivity index (χ4v) is 3.33. The van der Waals surface area contributed by atoms with Crippen LogP contribution in [0.3, 0.4) is 0 Å². The fourth-order valence-electron chi connectivity index (χ4n) is 3.33. The first kappa shape index (κ1) is 17.9. The molecule has 7 heteroatoms. The molecule has 0 bridgehead atoms. The predicted molar refractivity (Wildman–Crippen MR) is 112 cm³/mol. The van der Waals surface area contributed by atoms with Gasteiger partial charge in [0.2, 0.25) is 0 Å². The minimum atomic E-state index is -0.257. The van der Waals surface area contributed by atoms with E-state index in [1.165, 1.54) is 0 Å². The summed E-state index contributed by atoms with van der Waals surface area (Å²) in [6, 6.07) is 20.3. The third-order valence-electron chi connectivity index (χ3n) is 4.73. The monoisotopic (exact) mass is 398 g/mol. The largest absolute Gasteiger partial charge is 0.486 e. The molecule has 0 unspecified atom stereocenters. The molecule has 1 N–H and O–H groups in total. The number of nitrogens with one attached hydrogen (secondary N) is 1. The lowest BCUT2D eigenvalue weighted by molar-refractivity contribution is 0.102. The Labute approximate surface area is 172 Å². The van der Waals surface area contributed by atoms with Gasteiger partial charge in [0.1, 0.15) is 19.0 Å². The highest BCUT2D eigenvalue weighted by atomic mass is 16.6. The van der Waals surface area contributed by atoms with Crippen LogP contribution in [0.15, 0.2) is 79.1 Å². The van der Waals surface area contributed by atoms with Crippen molar-refractivity contribution in [2.45, 2.75) is 0 Å². The maximum absolute atomic E-state index is 12.9. The highest BCUT2D eigenvalue weighted by molar-refractivity contribution is 6.06. The zero-order valence-corrected chi connectivity index (χ0v) is 16.0. The standard InChI is InChI=1S/C23H18N4O3/c28-23(17-5-1-2-7-19(17)27-12-4-11-24-27)26-22-8-3-6-18(25-22)16-9-10-20-21(15-16)30-14-13-29-20/h1-12,15H,13-14H2,(H,25,26,28). The van der Waals surface area contributed by atoms with E-state index in [2.05, 4.69) is 15.4 Å². The lowest BCUT2D eigenvalue weighted by Gasteiger charge is -2.18. The number of anilines is 1. The van der Waals surface area contributed by atoms with Crippen LogP contribution in [0.5, 0.6) is 11.5 Å². The van der Waals surface area contributed by atoms with Crippen molar-refractivity contribution in [3.8, 4) is 28.4 Å². The van der Waals surface area contributed by atoms with Crippen molar-refractivity contribution in [1.82, 2.24) is 14.8 Å². The van der Waals surface area contributed by atoms with Gasteiger partial charge in [-0.05, 0) is 48.5 Å². The third-order valence-corrected chi connectivity index (χ3v) is 4.73. The summed E-state index contributed by atoms with van der Waals surface area (Å²) in [5.74, 6) is 1.63. The quantitative estimate of drug-likeness (QED) is 0.563. The van der Waals surface area contributed by atoms with Crippen molar-refractivity contribution in [3.05, 3.63) is 84.7 Å². The number of fused-ring (bicyclic) bond motifs is 1. The van der Waals surface area contributed by atoms with Gasteiger partial charge in [-0.2, -0.15) is 5.10 Å². The Kier molecular flexibility index (Phi) is 4.61. The summed E-state index contributed by atoms with van der Waals surface area (Å²) in [6.45, 7) is 1.07. The van der Waals surface area contributed by atoms with Crippen molar-refractivity contribution in [1.29, 1.82) is 0 Å². The number of para-hydroxylation sites is 1. The number of hydrogen-bond donors (Lipinski definition) is 1. The summed E-state index contributed by atoms with van der Waals surface area (Å²) in [7, 11) is 0. The summed E-state index contributed by atoms with van der Waals surface area (Å²) in [5, 5.41) is 7.11. The minimum Gasteiger partial charge on any atom is -0.486 e. The minimum absolute atomic E-state index is 0.257. The molecule has 0 atom stereocenters. The number of hydrogen-bond acceptors (Lipinski definition) is 5. The van der Waals surface area contributed by atoms with E-state index in [4.69, 9.17) is 9.47 Å². The van der Waals surface area contributed by atoms with Crippen LogP contribution in [0.25, 0.3) is 16.9 Å². The Bertz CT molecular complexity index is 1200. The first-order valence-electron chi connectivity index (χ1n) is 9.55. The molecule has 3 heterocycles. The molecule has 0 aliphatic carbocycles. The molecular formula is C23H18N4O3. The van der Waals surface area contributed by atoms with Crippen LogP contribution < -0.4 is 14.8 Å². The number of rotatable bonds is 4. The molecule has 2 aromatic heterocycles. The van der Waals surface area contributed by atoms with Gasteiger partial charge >= 0.3 is 0 Å². The number of benzene rings is 2. The van der Waals surface area contributed by atoms with Crippen LogP contribution in [0.4, 0.5) is 5.82 Å². The van der Waals surface area contributed by atoms with Crippen molar-refractivity contribution in [2.75, 3.05) is 18.5 Å². The maximum Gasteiger partial charge on any atom is 0.259 e. The van der Waals surface area contributed by atoms with E-state index >= 15 is 0 Å². The Hall–Kier alpha value is -4.13. The van der Waals surface area contributed by atoms with Crippen LogP contribution in [0, 0.1) is 0 Å². The van der Waals surface area contributed by atoms with Crippen LogP contribution in [0.1, 0.15) is 10.4 Å². The van der Waals surface area contributed by atoms with Crippen LogP contribution >= 0.6 is 0 Å². The van der Waals surface area contributed by atoms with Gasteiger partial charge in [0.05, 0.1) is 16.9 Å².